The average molecular weight is 351 g/mol. The lowest BCUT2D eigenvalue weighted by Crippen LogP contribution is -2.45. The van der Waals surface area contributed by atoms with E-state index in [1.165, 1.54) is 5.56 Å². The Kier molecular flexibility index (Phi) is 5.68. The summed E-state index contributed by atoms with van der Waals surface area (Å²) in [6.07, 6.45) is 0.297. The fourth-order valence-corrected chi connectivity index (χ4v) is 3.36. The molecule has 3 rings (SSSR count). The van der Waals surface area contributed by atoms with Crippen LogP contribution in [0, 0.1) is 0 Å². The summed E-state index contributed by atoms with van der Waals surface area (Å²) in [6, 6.07) is 17.5. The Balaban J connectivity index is 1.80. The van der Waals surface area contributed by atoms with E-state index in [-0.39, 0.29) is 17.9 Å². The molecular formula is C21H25N3O2. The van der Waals surface area contributed by atoms with Gasteiger partial charge < -0.3 is 10.2 Å². The fraction of sp³-hybridized carbons (Fsp3) is 0.333. The lowest BCUT2D eigenvalue weighted by molar-refractivity contribution is -0.120. The van der Waals surface area contributed by atoms with Crippen LogP contribution >= 0.6 is 0 Å². The van der Waals surface area contributed by atoms with Gasteiger partial charge in [-0.3, -0.25) is 14.5 Å². The summed E-state index contributed by atoms with van der Waals surface area (Å²) in [6.45, 7) is 5.80. The summed E-state index contributed by atoms with van der Waals surface area (Å²) < 4.78 is 0. The van der Waals surface area contributed by atoms with Crippen molar-refractivity contribution in [3.8, 4) is 0 Å². The normalized spacial score (nSPS) is 16.8. The molecule has 26 heavy (non-hydrogen) atoms. The second-order valence-electron chi connectivity index (χ2n) is 6.67. The van der Waals surface area contributed by atoms with Gasteiger partial charge in [-0.25, -0.2) is 0 Å². The maximum absolute atomic E-state index is 13.1. The molecule has 1 N–H and O–H groups in total. The van der Waals surface area contributed by atoms with E-state index < -0.39 is 0 Å². The second-order valence-corrected chi connectivity index (χ2v) is 6.67. The van der Waals surface area contributed by atoms with E-state index in [4.69, 9.17) is 0 Å². The molecule has 0 bridgehead atoms. The molecule has 2 aromatic carbocycles. The smallest absolute Gasteiger partial charge is 0.241 e. The number of anilines is 2. The Bertz CT molecular complexity index is 776. The molecule has 1 aliphatic rings. The zero-order valence-electron chi connectivity index (χ0n) is 15.3. The van der Waals surface area contributed by atoms with Crippen molar-refractivity contribution in [3.63, 3.8) is 0 Å². The molecule has 136 valence electrons. The first-order valence-electron chi connectivity index (χ1n) is 9.05. The maximum Gasteiger partial charge on any atom is 0.241 e. The first-order chi connectivity index (χ1) is 12.6. The second kappa shape index (κ2) is 8.15. The molecule has 1 unspecified atom stereocenters. The van der Waals surface area contributed by atoms with Crippen LogP contribution in [-0.4, -0.2) is 35.8 Å². The van der Waals surface area contributed by atoms with Gasteiger partial charge in [-0.15, -0.1) is 0 Å². The Morgan fingerprint density at radius 1 is 1.15 bits per heavy atom. The number of amides is 2. The van der Waals surface area contributed by atoms with Crippen molar-refractivity contribution in [2.45, 2.75) is 32.9 Å². The Hall–Kier alpha value is -2.66. The van der Waals surface area contributed by atoms with Gasteiger partial charge in [-0.2, -0.15) is 0 Å². The molecule has 1 aliphatic heterocycles. The lowest BCUT2D eigenvalue weighted by Gasteiger charge is -2.30. The molecule has 0 saturated heterocycles. The molecule has 2 aromatic rings. The summed E-state index contributed by atoms with van der Waals surface area (Å²) in [5.41, 5.74) is 2.65. The van der Waals surface area contributed by atoms with Crippen LogP contribution in [-0.2, 0) is 16.1 Å². The fourth-order valence-electron chi connectivity index (χ4n) is 3.36. The molecular weight excluding hydrogens is 326 g/mol. The van der Waals surface area contributed by atoms with Gasteiger partial charge in [0.05, 0.1) is 17.9 Å². The average Bonchev–Trinajstić information content (AvgIpc) is 2.76. The third-order valence-electron chi connectivity index (χ3n) is 4.68. The van der Waals surface area contributed by atoms with Crippen molar-refractivity contribution < 1.29 is 9.59 Å². The third kappa shape index (κ3) is 4.11. The first kappa shape index (κ1) is 18.1. The number of nitrogens with one attached hydrogen (secondary N) is 1. The van der Waals surface area contributed by atoms with Crippen molar-refractivity contribution in [1.82, 2.24) is 4.90 Å². The molecule has 5 heteroatoms. The minimum atomic E-state index is -0.179. The topological polar surface area (TPSA) is 52.7 Å². The quantitative estimate of drug-likeness (QED) is 0.899. The van der Waals surface area contributed by atoms with Gasteiger partial charge in [-0.1, -0.05) is 49.4 Å². The number of fused-ring (bicyclic) bond motifs is 1. The predicted octanol–water partition coefficient (Wildman–Crippen LogP) is 3.27. The molecule has 0 aromatic heterocycles. The Morgan fingerprint density at radius 3 is 2.58 bits per heavy atom. The standard InChI is InChI=1S/C21H25N3O2/c1-3-23(14-17-9-5-4-6-10-17)15-21(26)24-16(2)13-20(25)22-18-11-7-8-12-19(18)24/h4-12,16H,3,13-15H2,1-2H3,(H,22,25). The minimum Gasteiger partial charge on any atom is -0.324 e. The van der Waals surface area contributed by atoms with Gasteiger partial charge in [0.25, 0.3) is 0 Å². The van der Waals surface area contributed by atoms with Crippen molar-refractivity contribution in [3.05, 3.63) is 60.2 Å². The lowest BCUT2D eigenvalue weighted by atomic mass is 10.1. The largest absolute Gasteiger partial charge is 0.324 e. The van der Waals surface area contributed by atoms with Crippen molar-refractivity contribution in [2.24, 2.45) is 0 Å². The number of hydrogen-bond acceptors (Lipinski definition) is 3. The van der Waals surface area contributed by atoms with E-state index in [9.17, 15) is 9.59 Å². The molecule has 0 spiro atoms. The minimum absolute atomic E-state index is 0.0132. The molecule has 1 atom stereocenters. The van der Waals surface area contributed by atoms with Crippen molar-refractivity contribution in [1.29, 1.82) is 0 Å². The third-order valence-corrected chi connectivity index (χ3v) is 4.68. The van der Waals surface area contributed by atoms with Crippen LogP contribution in [0.15, 0.2) is 54.6 Å². The Morgan fingerprint density at radius 2 is 1.85 bits per heavy atom. The number of carbonyl (C=O) groups excluding carboxylic acids is 2. The van der Waals surface area contributed by atoms with Gasteiger partial charge in [-0.05, 0) is 31.2 Å². The molecule has 0 radical (unpaired) electrons. The molecule has 0 saturated carbocycles. The van der Waals surface area contributed by atoms with Crippen LogP contribution in [0.4, 0.5) is 11.4 Å². The van der Waals surface area contributed by atoms with E-state index >= 15 is 0 Å². The Labute approximate surface area is 154 Å². The highest BCUT2D eigenvalue weighted by molar-refractivity contribution is 6.04. The van der Waals surface area contributed by atoms with E-state index in [1.807, 2.05) is 49.4 Å². The molecule has 2 amide bonds. The van der Waals surface area contributed by atoms with E-state index in [0.29, 0.717) is 18.7 Å². The summed E-state index contributed by atoms with van der Waals surface area (Å²) in [4.78, 5) is 29.1. The first-order valence-corrected chi connectivity index (χ1v) is 9.05. The van der Waals surface area contributed by atoms with Gasteiger partial charge in [0.15, 0.2) is 0 Å². The van der Waals surface area contributed by atoms with Crippen molar-refractivity contribution >= 4 is 23.2 Å². The SMILES string of the molecule is CCN(CC(=O)N1c2ccccc2NC(=O)CC1C)Cc1ccccc1. The highest BCUT2D eigenvalue weighted by atomic mass is 16.2. The monoisotopic (exact) mass is 351 g/mol. The molecule has 0 fully saturated rings. The predicted molar refractivity (Wildman–Crippen MR) is 104 cm³/mol. The highest BCUT2D eigenvalue weighted by Crippen LogP contribution is 2.31. The number of nitrogens with zero attached hydrogens (tertiary/aromatic N) is 2. The zero-order valence-corrected chi connectivity index (χ0v) is 15.3. The highest BCUT2D eigenvalue weighted by Gasteiger charge is 2.30. The number of carbonyl (C=O) groups is 2. The van der Waals surface area contributed by atoms with E-state index in [2.05, 4.69) is 29.3 Å². The van der Waals surface area contributed by atoms with Crippen LogP contribution in [0.5, 0.6) is 0 Å². The number of rotatable bonds is 5. The summed E-state index contributed by atoms with van der Waals surface area (Å²) in [7, 11) is 0. The van der Waals surface area contributed by atoms with Crippen LogP contribution < -0.4 is 10.2 Å². The maximum atomic E-state index is 13.1. The van der Waals surface area contributed by atoms with E-state index in [0.717, 1.165) is 18.8 Å². The van der Waals surface area contributed by atoms with Crippen LogP contribution in [0.3, 0.4) is 0 Å². The van der Waals surface area contributed by atoms with Crippen LogP contribution in [0.25, 0.3) is 0 Å². The zero-order chi connectivity index (χ0) is 18.5. The van der Waals surface area contributed by atoms with Crippen LogP contribution in [0.2, 0.25) is 0 Å². The number of benzene rings is 2. The molecule has 5 nitrogen and oxygen atoms in total. The summed E-state index contributed by atoms with van der Waals surface area (Å²) >= 11 is 0. The van der Waals surface area contributed by atoms with Crippen LogP contribution in [0.1, 0.15) is 25.8 Å². The van der Waals surface area contributed by atoms with Crippen molar-refractivity contribution in [2.75, 3.05) is 23.3 Å². The van der Waals surface area contributed by atoms with E-state index in [1.54, 1.807) is 4.90 Å². The van der Waals surface area contributed by atoms with Gasteiger partial charge in [0.2, 0.25) is 11.8 Å². The molecule has 0 aliphatic carbocycles. The number of likely N-dealkylation sites (N-methyl/N-ethyl adjacent to an activating group) is 1. The summed E-state index contributed by atoms with van der Waals surface area (Å²) in [5, 5.41) is 2.90. The van der Waals surface area contributed by atoms with Gasteiger partial charge >= 0.3 is 0 Å². The summed E-state index contributed by atoms with van der Waals surface area (Å²) in [5.74, 6) is -0.0453. The number of hydrogen-bond donors (Lipinski definition) is 1. The van der Waals surface area contributed by atoms with Gasteiger partial charge in [0, 0.05) is 19.0 Å². The number of para-hydroxylation sites is 2. The van der Waals surface area contributed by atoms with Gasteiger partial charge in [0.1, 0.15) is 0 Å². The molecule has 1 heterocycles.